The molecule has 1 aliphatic rings. The van der Waals surface area contributed by atoms with Gasteiger partial charge in [-0.15, -0.1) is 12.4 Å². The highest BCUT2D eigenvalue weighted by atomic mass is 35.5. The fraction of sp³-hybridized carbons (Fsp3) is 0.316. The lowest BCUT2D eigenvalue weighted by Gasteiger charge is -2.29. The Kier molecular flexibility index (Phi) is 6.80. The summed E-state index contributed by atoms with van der Waals surface area (Å²) < 4.78 is 11.2. The van der Waals surface area contributed by atoms with Gasteiger partial charge in [-0.2, -0.15) is 5.10 Å². The Morgan fingerprint density at radius 2 is 1.93 bits per heavy atom. The summed E-state index contributed by atoms with van der Waals surface area (Å²) in [6.45, 7) is 3.80. The highest BCUT2D eigenvalue weighted by molar-refractivity contribution is 5.85. The van der Waals surface area contributed by atoms with Crippen LogP contribution >= 0.6 is 12.4 Å². The quantitative estimate of drug-likeness (QED) is 0.651. The van der Waals surface area contributed by atoms with Crippen LogP contribution in [0, 0.1) is 0 Å². The van der Waals surface area contributed by atoms with E-state index in [1.165, 1.54) is 0 Å². The number of hydrogen-bond donors (Lipinski definition) is 2. The minimum atomic E-state index is 0. The molecule has 2 aromatic heterocycles. The maximum Gasteiger partial charge on any atom is 0.164 e. The third kappa shape index (κ3) is 4.59. The van der Waals surface area contributed by atoms with Gasteiger partial charge in [-0.25, -0.2) is 9.97 Å². The highest BCUT2D eigenvalue weighted by Crippen LogP contribution is 2.30. The van der Waals surface area contributed by atoms with E-state index in [0.717, 1.165) is 49.0 Å². The second kappa shape index (κ2) is 9.50. The van der Waals surface area contributed by atoms with Crippen molar-refractivity contribution in [3.8, 4) is 16.9 Å². The second-order valence-electron chi connectivity index (χ2n) is 6.19. The van der Waals surface area contributed by atoms with Crippen LogP contribution in [-0.2, 0) is 17.9 Å². The molecule has 3 aromatic rings. The molecule has 1 fully saturated rings. The summed E-state index contributed by atoms with van der Waals surface area (Å²) in [6.07, 6.45) is 1.83. The number of nitrogens with zero attached hydrogens (tertiary/aromatic N) is 4. The third-order valence-corrected chi connectivity index (χ3v) is 4.40. The van der Waals surface area contributed by atoms with Crippen molar-refractivity contribution in [1.82, 2.24) is 20.2 Å². The van der Waals surface area contributed by atoms with E-state index in [9.17, 15) is 0 Å². The number of anilines is 1. The molecule has 28 heavy (non-hydrogen) atoms. The summed E-state index contributed by atoms with van der Waals surface area (Å²) in [5, 5.41) is 6.81. The fourth-order valence-corrected chi connectivity index (χ4v) is 3.02. The number of ether oxygens (including phenoxy) is 2. The third-order valence-electron chi connectivity index (χ3n) is 4.40. The maximum absolute atomic E-state index is 5.77. The lowest BCUT2D eigenvalue weighted by molar-refractivity contribution is 0.122. The van der Waals surface area contributed by atoms with Crippen LogP contribution in [0.5, 0.6) is 5.75 Å². The minimum absolute atomic E-state index is 0. The number of pyridine rings is 1. The van der Waals surface area contributed by atoms with Crippen LogP contribution in [0.3, 0.4) is 0 Å². The molecule has 1 saturated heterocycles. The number of benzene rings is 1. The number of nitrogens with one attached hydrogen (secondary N) is 1. The number of aromatic nitrogens is 4. The van der Waals surface area contributed by atoms with Crippen molar-refractivity contribution in [3.63, 3.8) is 0 Å². The van der Waals surface area contributed by atoms with Gasteiger partial charge in [0.25, 0.3) is 0 Å². The molecule has 1 aliphatic heterocycles. The molecule has 3 N–H and O–H groups in total. The number of halogens is 1. The Morgan fingerprint density at radius 1 is 1.14 bits per heavy atom. The van der Waals surface area contributed by atoms with Crippen LogP contribution in [-0.4, -0.2) is 46.5 Å². The van der Waals surface area contributed by atoms with Gasteiger partial charge in [-0.05, 0) is 29.8 Å². The molecule has 3 heterocycles. The van der Waals surface area contributed by atoms with Crippen LogP contribution in [0.2, 0.25) is 0 Å². The Balaban J connectivity index is 0.00000225. The first kappa shape index (κ1) is 20.1. The van der Waals surface area contributed by atoms with E-state index in [0.29, 0.717) is 24.8 Å². The van der Waals surface area contributed by atoms with Gasteiger partial charge in [-0.3, -0.25) is 5.10 Å². The first-order chi connectivity index (χ1) is 13.3. The van der Waals surface area contributed by atoms with Crippen molar-refractivity contribution in [2.24, 2.45) is 5.73 Å². The van der Waals surface area contributed by atoms with E-state index in [4.69, 9.17) is 15.2 Å². The Bertz CT molecular complexity index is 880. The van der Waals surface area contributed by atoms with E-state index in [1.54, 1.807) is 0 Å². The van der Waals surface area contributed by atoms with Crippen molar-refractivity contribution in [2.45, 2.75) is 13.2 Å². The van der Waals surface area contributed by atoms with Gasteiger partial charge < -0.3 is 20.1 Å². The molecule has 0 radical (unpaired) electrons. The van der Waals surface area contributed by atoms with Crippen molar-refractivity contribution < 1.29 is 9.47 Å². The average Bonchev–Trinajstić information content (AvgIpc) is 3.21. The smallest absolute Gasteiger partial charge is 0.164 e. The largest absolute Gasteiger partial charge is 0.486 e. The second-order valence-corrected chi connectivity index (χ2v) is 6.19. The molecular weight excluding hydrogens is 380 g/mol. The molecule has 1 aromatic carbocycles. The number of H-pyrrole nitrogens is 1. The van der Waals surface area contributed by atoms with Crippen LogP contribution < -0.4 is 15.4 Å². The van der Waals surface area contributed by atoms with Gasteiger partial charge >= 0.3 is 0 Å². The summed E-state index contributed by atoms with van der Waals surface area (Å²) in [5.41, 5.74) is 7.71. The fourth-order valence-electron chi connectivity index (χ4n) is 3.02. The SMILES string of the molecule is Cl.NCc1n[nH]c(COc2ccc(-c3cccnc3N3CCOCC3)cc2)n1. The van der Waals surface area contributed by atoms with Crippen LogP contribution in [0.25, 0.3) is 11.1 Å². The molecule has 4 rings (SSSR count). The molecule has 0 unspecified atom stereocenters. The summed E-state index contributed by atoms with van der Waals surface area (Å²) in [5.74, 6) is 2.99. The molecule has 0 saturated carbocycles. The average molecular weight is 403 g/mol. The molecule has 9 heteroatoms. The monoisotopic (exact) mass is 402 g/mol. The molecule has 0 spiro atoms. The summed E-state index contributed by atoms with van der Waals surface area (Å²) >= 11 is 0. The molecule has 0 bridgehead atoms. The van der Waals surface area contributed by atoms with E-state index >= 15 is 0 Å². The minimum Gasteiger partial charge on any atom is -0.486 e. The first-order valence-electron chi connectivity index (χ1n) is 8.94. The number of aromatic amines is 1. The standard InChI is InChI=1S/C19H22N6O2.ClH/c20-12-17-22-18(24-23-17)13-27-15-5-3-14(4-6-15)16-2-1-7-21-19(16)25-8-10-26-11-9-25;/h1-7H,8-13,20H2,(H,22,23,24);1H. The van der Waals surface area contributed by atoms with Crippen LogP contribution in [0.4, 0.5) is 5.82 Å². The lowest BCUT2D eigenvalue weighted by atomic mass is 10.1. The zero-order chi connectivity index (χ0) is 18.5. The molecule has 0 amide bonds. The van der Waals surface area contributed by atoms with Gasteiger partial charge in [0.05, 0.1) is 19.8 Å². The molecule has 0 atom stereocenters. The van der Waals surface area contributed by atoms with Gasteiger partial charge in [0, 0.05) is 24.8 Å². The van der Waals surface area contributed by atoms with E-state index in [-0.39, 0.29) is 12.4 Å². The number of nitrogens with two attached hydrogens (primary N) is 1. The zero-order valence-corrected chi connectivity index (χ0v) is 16.2. The molecule has 8 nitrogen and oxygen atoms in total. The molecular formula is C19H23ClN6O2. The number of morpholine rings is 1. The van der Waals surface area contributed by atoms with Crippen molar-refractivity contribution >= 4 is 18.2 Å². The number of rotatable bonds is 6. The zero-order valence-electron chi connectivity index (χ0n) is 15.4. The van der Waals surface area contributed by atoms with Crippen molar-refractivity contribution in [1.29, 1.82) is 0 Å². The van der Waals surface area contributed by atoms with Gasteiger partial charge in [-0.1, -0.05) is 12.1 Å². The summed E-state index contributed by atoms with van der Waals surface area (Å²) in [4.78, 5) is 11.1. The molecule has 148 valence electrons. The van der Waals surface area contributed by atoms with Gasteiger partial charge in [0.1, 0.15) is 18.2 Å². The highest BCUT2D eigenvalue weighted by Gasteiger charge is 2.16. The predicted octanol–water partition coefficient (Wildman–Crippen LogP) is 2.16. The lowest BCUT2D eigenvalue weighted by Crippen LogP contribution is -2.37. The Morgan fingerprint density at radius 3 is 2.64 bits per heavy atom. The Hall–Kier alpha value is -2.68. The Labute approximate surface area is 169 Å². The summed E-state index contributed by atoms with van der Waals surface area (Å²) in [6, 6.07) is 12.0. The van der Waals surface area contributed by atoms with Gasteiger partial charge in [0.15, 0.2) is 11.6 Å². The maximum atomic E-state index is 5.77. The molecule has 0 aliphatic carbocycles. The van der Waals surface area contributed by atoms with Crippen molar-refractivity contribution in [3.05, 3.63) is 54.2 Å². The van der Waals surface area contributed by atoms with Gasteiger partial charge in [0.2, 0.25) is 0 Å². The topological polar surface area (TPSA) is 102 Å². The summed E-state index contributed by atoms with van der Waals surface area (Å²) in [7, 11) is 0. The van der Waals surface area contributed by atoms with Crippen molar-refractivity contribution in [2.75, 3.05) is 31.2 Å². The van der Waals surface area contributed by atoms with E-state index in [1.807, 2.05) is 36.5 Å². The van der Waals surface area contributed by atoms with E-state index < -0.39 is 0 Å². The normalized spacial score (nSPS) is 13.8. The predicted molar refractivity (Wildman–Crippen MR) is 109 cm³/mol. The first-order valence-corrected chi connectivity index (χ1v) is 8.94. The number of hydrogen-bond acceptors (Lipinski definition) is 7. The van der Waals surface area contributed by atoms with E-state index in [2.05, 4.69) is 31.1 Å². The van der Waals surface area contributed by atoms with Crippen LogP contribution in [0.1, 0.15) is 11.6 Å². The van der Waals surface area contributed by atoms with Crippen LogP contribution in [0.15, 0.2) is 42.6 Å².